The summed E-state index contributed by atoms with van der Waals surface area (Å²) in [6, 6.07) is 81.3. The van der Waals surface area contributed by atoms with Crippen LogP contribution in [0.25, 0.3) is 98.4 Å². The molecule has 1 heterocycles. The third-order valence-electron chi connectivity index (χ3n) is 12.2. The van der Waals surface area contributed by atoms with E-state index in [0.29, 0.717) is 0 Å². The third kappa shape index (κ3) is 5.65. The van der Waals surface area contributed by atoms with Crippen LogP contribution in [0.5, 0.6) is 0 Å². The Morgan fingerprint density at radius 2 is 0.833 bits per heavy atom. The first-order chi connectivity index (χ1) is 29.7. The van der Waals surface area contributed by atoms with E-state index in [2.05, 4.69) is 223 Å². The molecule has 0 N–H and O–H groups in total. The Labute approximate surface area is 347 Å². The minimum atomic E-state index is 0.867. The molecule has 0 unspecified atom stereocenters. The van der Waals surface area contributed by atoms with Crippen molar-refractivity contribution in [1.29, 1.82) is 0 Å². The summed E-state index contributed by atoms with van der Waals surface area (Å²) in [5, 5.41) is 12.3. The zero-order chi connectivity index (χ0) is 39.6. The molecule has 0 aliphatic heterocycles. The molecule has 0 aliphatic carbocycles. The normalized spacial score (nSPS) is 11.7. The standard InChI is InChI=1S/C58H37NO/c1-3-14-48-41(11-1)32-35-52-49(17-8-18-51(48)52)42-30-33-46(34-31-42)59(55-19-9-21-57-58(55)53-16-5-6-20-56(53)60-57)47-13-7-12-44(36-47)38-22-24-39(25-23-38)45-29-28-43-27-26-40-10-2-4-15-50(40)54(43)37-45/h1-37H. The zero-order valence-electron chi connectivity index (χ0n) is 32.7. The number of hydrogen-bond acceptors (Lipinski definition) is 2. The molecule has 0 atom stereocenters. The molecule has 2 heteroatoms. The van der Waals surface area contributed by atoms with Gasteiger partial charge in [0.1, 0.15) is 11.2 Å². The number of hydrogen-bond donors (Lipinski definition) is 0. The lowest BCUT2D eigenvalue weighted by molar-refractivity contribution is 0.669. The van der Waals surface area contributed by atoms with Gasteiger partial charge in [0.15, 0.2) is 0 Å². The van der Waals surface area contributed by atoms with Gasteiger partial charge in [0.25, 0.3) is 0 Å². The molecular weight excluding hydrogens is 727 g/mol. The average molecular weight is 764 g/mol. The van der Waals surface area contributed by atoms with Crippen LogP contribution in [0.4, 0.5) is 17.1 Å². The Balaban J connectivity index is 0.958. The first-order valence-electron chi connectivity index (χ1n) is 20.6. The SMILES string of the molecule is c1cc(-c2ccc(-c3ccc4ccc5ccccc5c4c3)cc2)cc(N(c2ccc(-c3cccc4c3ccc3ccccc34)cc2)c2cccc3oc4ccccc4c23)c1. The minimum Gasteiger partial charge on any atom is -0.456 e. The van der Waals surface area contributed by atoms with Crippen molar-refractivity contribution in [2.24, 2.45) is 0 Å². The number of fused-ring (bicyclic) bond motifs is 9. The second-order valence-electron chi connectivity index (χ2n) is 15.7. The first kappa shape index (κ1) is 34.1. The van der Waals surface area contributed by atoms with Crippen LogP contribution in [0.2, 0.25) is 0 Å². The Morgan fingerprint density at radius 3 is 1.62 bits per heavy atom. The molecule has 60 heavy (non-hydrogen) atoms. The van der Waals surface area contributed by atoms with Gasteiger partial charge in [0.05, 0.1) is 11.1 Å². The molecule has 280 valence electrons. The maximum atomic E-state index is 6.42. The molecular formula is C58H37NO. The summed E-state index contributed by atoms with van der Waals surface area (Å²) in [6.07, 6.45) is 0. The highest BCUT2D eigenvalue weighted by Crippen LogP contribution is 2.44. The largest absolute Gasteiger partial charge is 0.456 e. The second-order valence-corrected chi connectivity index (χ2v) is 15.7. The van der Waals surface area contributed by atoms with Gasteiger partial charge in [-0.05, 0) is 125 Å². The topological polar surface area (TPSA) is 16.4 Å². The van der Waals surface area contributed by atoms with Crippen LogP contribution < -0.4 is 4.90 Å². The van der Waals surface area contributed by atoms with Crippen LogP contribution in [0.1, 0.15) is 0 Å². The Bertz CT molecular complexity index is 3600. The molecule has 0 bridgehead atoms. The van der Waals surface area contributed by atoms with Crippen molar-refractivity contribution >= 4 is 82.1 Å². The molecule has 11 aromatic carbocycles. The lowest BCUT2D eigenvalue weighted by Crippen LogP contribution is -2.10. The molecule has 0 radical (unpaired) electrons. The van der Waals surface area contributed by atoms with Crippen molar-refractivity contribution in [2.45, 2.75) is 0 Å². The van der Waals surface area contributed by atoms with Gasteiger partial charge in [-0.3, -0.25) is 0 Å². The summed E-state index contributed by atoms with van der Waals surface area (Å²) < 4.78 is 6.42. The number of benzene rings is 11. The van der Waals surface area contributed by atoms with Gasteiger partial charge in [0, 0.05) is 16.8 Å². The van der Waals surface area contributed by atoms with Crippen LogP contribution >= 0.6 is 0 Å². The third-order valence-corrected chi connectivity index (χ3v) is 12.2. The fourth-order valence-corrected chi connectivity index (χ4v) is 9.31. The van der Waals surface area contributed by atoms with E-state index in [0.717, 1.165) is 50.1 Å². The van der Waals surface area contributed by atoms with Crippen LogP contribution in [-0.4, -0.2) is 0 Å². The second kappa shape index (κ2) is 13.9. The van der Waals surface area contributed by atoms with Gasteiger partial charge in [0.2, 0.25) is 0 Å². The average Bonchev–Trinajstić information content (AvgIpc) is 3.71. The fourth-order valence-electron chi connectivity index (χ4n) is 9.31. The monoisotopic (exact) mass is 763 g/mol. The predicted molar refractivity (Wildman–Crippen MR) is 255 cm³/mol. The van der Waals surface area contributed by atoms with Crippen molar-refractivity contribution in [3.8, 4) is 33.4 Å². The Kier molecular flexibility index (Phi) is 7.89. The van der Waals surface area contributed by atoms with E-state index in [1.807, 2.05) is 6.07 Å². The fraction of sp³-hybridized carbons (Fsp3) is 0. The lowest BCUT2D eigenvalue weighted by Gasteiger charge is -2.27. The van der Waals surface area contributed by atoms with E-state index in [-0.39, 0.29) is 0 Å². The van der Waals surface area contributed by atoms with Gasteiger partial charge < -0.3 is 9.32 Å². The molecule has 0 fully saturated rings. The lowest BCUT2D eigenvalue weighted by atomic mass is 9.94. The number of para-hydroxylation sites is 1. The maximum Gasteiger partial charge on any atom is 0.137 e. The quantitative estimate of drug-likeness (QED) is 0.157. The smallest absolute Gasteiger partial charge is 0.137 e. The Morgan fingerprint density at radius 1 is 0.283 bits per heavy atom. The number of furan rings is 1. The molecule has 12 aromatic rings. The van der Waals surface area contributed by atoms with Crippen molar-refractivity contribution < 1.29 is 4.42 Å². The molecule has 2 nitrogen and oxygen atoms in total. The van der Waals surface area contributed by atoms with E-state index in [9.17, 15) is 0 Å². The van der Waals surface area contributed by atoms with E-state index in [4.69, 9.17) is 4.42 Å². The van der Waals surface area contributed by atoms with Crippen molar-refractivity contribution in [3.05, 3.63) is 224 Å². The van der Waals surface area contributed by atoms with Crippen molar-refractivity contribution in [1.82, 2.24) is 0 Å². The summed E-state index contributed by atoms with van der Waals surface area (Å²) in [6.45, 7) is 0. The van der Waals surface area contributed by atoms with Gasteiger partial charge >= 0.3 is 0 Å². The predicted octanol–water partition coefficient (Wildman–Crippen LogP) is 16.7. The maximum absolute atomic E-state index is 6.42. The first-order valence-corrected chi connectivity index (χ1v) is 20.6. The number of nitrogens with zero attached hydrogens (tertiary/aromatic N) is 1. The van der Waals surface area contributed by atoms with E-state index in [1.54, 1.807) is 0 Å². The summed E-state index contributed by atoms with van der Waals surface area (Å²) in [7, 11) is 0. The summed E-state index contributed by atoms with van der Waals surface area (Å²) >= 11 is 0. The van der Waals surface area contributed by atoms with Crippen LogP contribution in [0.15, 0.2) is 229 Å². The molecule has 0 spiro atoms. The minimum absolute atomic E-state index is 0.867. The summed E-state index contributed by atoms with van der Waals surface area (Å²) in [5.41, 5.74) is 12.1. The summed E-state index contributed by atoms with van der Waals surface area (Å²) in [5.74, 6) is 0. The molecule has 12 rings (SSSR count). The molecule has 0 saturated carbocycles. The Hall–Kier alpha value is -7.94. The zero-order valence-corrected chi connectivity index (χ0v) is 32.7. The molecule has 0 saturated heterocycles. The van der Waals surface area contributed by atoms with Gasteiger partial charge in [-0.1, -0.05) is 176 Å². The molecule has 0 aliphatic rings. The van der Waals surface area contributed by atoms with Gasteiger partial charge in [-0.15, -0.1) is 0 Å². The van der Waals surface area contributed by atoms with Crippen LogP contribution in [0.3, 0.4) is 0 Å². The van der Waals surface area contributed by atoms with Gasteiger partial charge in [-0.2, -0.15) is 0 Å². The van der Waals surface area contributed by atoms with E-state index >= 15 is 0 Å². The van der Waals surface area contributed by atoms with Crippen LogP contribution in [0, 0.1) is 0 Å². The van der Waals surface area contributed by atoms with Crippen molar-refractivity contribution in [2.75, 3.05) is 4.90 Å². The molecule has 0 amide bonds. The van der Waals surface area contributed by atoms with Gasteiger partial charge in [-0.25, -0.2) is 0 Å². The van der Waals surface area contributed by atoms with E-state index in [1.165, 1.54) is 65.3 Å². The van der Waals surface area contributed by atoms with E-state index < -0.39 is 0 Å². The number of rotatable bonds is 6. The van der Waals surface area contributed by atoms with Crippen molar-refractivity contribution in [3.63, 3.8) is 0 Å². The number of anilines is 3. The highest BCUT2D eigenvalue weighted by atomic mass is 16.3. The molecule has 1 aromatic heterocycles. The highest BCUT2D eigenvalue weighted by molar-refractivity contribution is 6.14. The highest BCUT2D eigenvalue weighted by Gasteiger charge is 2.20. The summed E-state index contributed by atoms with van der Waals surface area (Å²) in [4.78, 5) is 2.38. The van der Waals surface area contributed by atoms with Crippen LogP contribution in [-0.2, 0) is 0 Å².